The van der Waals surface area contributed by atoms with Crippen molar-refractivity contribution in [1.82, 2.24) is 24.8 Å². The second kappa shape index (κ2) is 6.60. The van der Waals surface area contributed by atoms with E-state index in [-0.39, 0.29) is 0 Å². The van der Waals surface area contributed by atoms with Crippen LogP contribution in [0.2, 0.25) is 0 Å². The van der Waals surface area contributed by atoms with Crippen LogP contribution in [0.3, 0.4) is 0 Å². The van der Waals surface area contributed by atoms with Gasteiger partial charge in [0.25, 0.3) is 0 Å². The van der Waals surface area contributed by atoms with Gasteiger partial charge in [-0.1, -0.05) is 19.0 Å². The highest BCUT2D eigenvalue weighted by molar-refractivity contribution is 5.12. The van der Waals surface area contributed by atoms with Crippen LogP contribution in [-0.2, 0) is 13.1 Å². The van der Waals surface area contributed by atoms with Gasteiger partial charge in [-0.05, 0) is 44.3 Å². The summed E-state index contributed by atoms with van der Waals surface area (Å²) in [5.41, 5.74) is 1.38. The standard InChI is InChI=1S/C16H25N5O/c1-4-21-10-14(9-17-21)13-5-7-20(8-6-13)11-15-18-16(12(2)3)22-19-15/h9-10,12-13H,4-8,11H2,1-3H3. The molecule has 0 aliphatic carbocycles. The van der Waals surface area contributed by atoms with Gasteiger partial charge in [0.15, 0.2) is 5.82 Å². The van der Waals surface area contributed by atoms with E-state index < -0.39 is 0 Å². The topological polar surface area (TPSA) is 60.0 Å². The van der Waals surface area contributed by atoms with Gasteiger partial charge in [0.05, 0.1) is 12.7 Å². The average Bonchev–Trinajstić information content (AvgIpc) is 3.17. The molecule has 1 aliphatic heterocycles. The minimum Gasteiger partial charge on any atom is -0.339 e. The summed E-state index contributed by atoms with van der Waals surface area (Å²) in [5, 5.41) is 8.47. The molecule has 120 valence electrons. The van der Waals surface area contributed by atoms with Gasteiger partial charge in [-0.3, -0.25) is 9.58 Å². The molecule has 0 N–H and O–H groups in total. The maximum Gasteiger partial charge on any atom is 0.229 e. The van der Waals surface area contributed by atoms with Gasteiger partial charge < -0.3 is 4.52 Å². The molecule has 0 unspecified atom stereocenters. The Bertz CT molecular complexity index is 595. The van der Waals surface area contributed by atoms with Crippen molar-refractivity contribution in [3.05, 3.63) is 29.7 Å². The quantitative estimate of drug-likeness (QED) is 0.850. The van der Waals surface area contributed by atoms with Gasteiger partial charge in [-0.2, -0.15) is 10.1 Å². The number of hydrogen-bond donors (Lipinski definition) is 0. The first kappa shape index (κ1) is 15.2. The van der Waals surface area contributed by atoms with Crippen molar-refractivity contribution in [1.29, 1.82) is 0 Å². The molecular weight excluding hydrogens is 278 g/mol. The Hall–Kier alpha value is -1.69. The minimum absolute atomic E-state index is 0.294. The molecule has 22 heavy (non-hydrogen) atoms. The van der Waals surface area contributed by atoms with Crippen LogP contribution in [0.25, 0.3) is 0 Å². The van der Waals surface area contributed by atoms with E-state index in [2.05, 4.69) is 47.1 Å². The summed E-state index contributed by atoms with van der Waals surface area (Å²) < 4.78 is 7.28. The molecule has 0 atom stereocenters. The van der Waals surface area contributed by atoms with E-state index in [0.29, 0.717) is 11.8 Å². The molecule has 2 aromatic rings. The van der Waals surface area contributed by atoms with Gasteiger partial charge >= 0.3 is 0 Å². The molecule has 1 fully saturated rings. The van der Waals surface area contributed by atoms with Crippen molar-refractivity contribution in [3.63, 3.8) is 0 Å². The van der Waals surface area contributed by atoms with E-state index >= 15 is 0 Å². The summed E-state index contributed by atoms with van der Waals surface area (Å²) in [5.74, 6) is 2.47. The Kier molecular flexibility index (Phi) is 4.57. The highest BCUT2D eigenvalue weighted by Crippen LogP contribution is 2.28. The second-order valence-corrected chi connectivity index (χ2v) is 6.38. The predicted molar refractivity (Wildman–Crippen MR) is 83.5 cm³/mol. The van der Waals surface area contributed by atoms with Crippen molar-refractivity contribution in [2.24, 2.45) is 0 Å². The van der Waals surface area contributed by atoms with E-state index in [1.54, 1.807) is 0 Å². The van der Waals surface area contributed by atoms with Gasteiger partial charge in [0, 0.05) is 18.7 Å². The Balaban J connectivity index is 1.52. The van der Waals surface area contributed by atoms with Gasteiger partial charge in [0.2, 0.25) is 5.89 Å². The largest absolute Gasteiger partial charge is 0.339 e. The fraction of sp³-hybridized carbons (Fsp3) is 0.688. The van der Waals surface area contributed by atoms with Gasteiger partial charge in [0.1, 0.15) is 0 Å². The van der Waals surface area contributed by atoms with Gasteiger partial charge in [-0.15, -0.1) is 0 Å². The summed E-state index contributed by atoms with van der Waals surface area (Å²) in [6.07, 6.45) is 6.56. The Morgan fingerprint density at radius 2 is 2.09 bits per heavy atom. The van der Waals surface area contributed by atoms with Gasteiger partial charge in [-0.25, -0.2) is 0 Å². The molecule has 0 amide bonds. The van der Waals surface area contributed by atoms with Crippen LogP contribution in [0.1, 0.15) is 62.7 Å². The zero-order valence-corrected chi connectivity index (χ0v) is 13.7. The summed E-state index contributed by atoms with van der Waals surface area (Å²) in [4.78, 5) is 6.88. The molecule has 1 saturated heterocycles. The number of nitrogens with zero attached hydrogens (tertiary/aromatic N) is 5. The molecule has 3 heterocycles. The van der Waals surface area contributed by atoms with Crippen molar-refractivity contribution in [2.75, 3.05) is 13.1 Å². The highest BCUT2D eigenvalue weighted by atomic mass is 16.5. The lowest BCUT2D eigenvalue weighted by molar-refractivity contribution is 0.198. The molecule has 1 aliphatic rings. The predicted octanol–water partition coefficient (Wildman–Crippen LogP) is 2.79. The van der Waals surface area contributed by atoms with Crippen LogP contribution >= 0.6 is 0 Å². The summed E-state index contributed by atoms with van der Waals surface area (Å²) in [6, 6.07) is 0. The number of hydrogen-bond acceptors (Lipinski definition) is 5. The first-order valence-electron chi connectivity index (χ1n) is 8.23. The molecule has 2 aromatic heterocycles. The van der Waals surface area contributed by atoms with Crippen LogP contribution < -0.4 is 0 Å². The lowest BCUT2D eigenvalue weighted by atomic mass is 9.91. The Labute approximate surface area is 131 Å². The molecule has 0 bridgehead atoms. The number of piperidine rings is 1. The fourth-order valence-electron chi connectivity index (χ4n) is 2.95. The third-order valence-electron chi connectivity index (χ3n) is 4.38. The van der Waals surface area contributed by atoms with E-state index in [0.717, 1.165) is 37.9 Å². The summed E-state index contributed by atoms with van der Waals surface area (Å²) >= 11 is 0. The number of aryl methyl sites for hydroxylation is 1. The van der Waals surface area contributed by atoms with Crippen LogP contribution in [0.4, 0.5) is 0 Å². The SMILES string of the molecule is CCn1cc(C2CCN(Cc3noc(C(C)C)n3)CC2)cn1. The maximum absolute atomic E-state index is 5.27. The lowest BCUT2D eigenvalue weighted by Gasteiger charge is -2.30. The van der Waals surface area contributed by atoms with E-state index in [4.69, 9.17) is 4.52 Å². The summed E-state index contributed by atoms with van der Waals surface area (Å²) in [6.45, 7) is 10.1. The maximum atomic E-state index is 5.27. The van der Waals surface area contributed by atoms with Crippen LogP contribution in [0.15, 0.2) is 16.9 Å². The zero-order valence-electron chi connectivity index (χ0n) is 13.7. The molecule has 0 radical (unpaired) electrons. The van der Waals surface area contributed by atoms with E-state index in [1.807, 2.05) is 10.9 Å². The first-order chi connectivity index (χ1) is 10.7. The molecule has 0 aromatic carbocycles. The molecule has 6 nitrogen and oxygen atoms in total. The fourth-order valence-corrected chi connectivity index (χ4v) is 2.95. The normalized spacial score (nSPS) is 17.5. The minimum atomic E-state index is 0.294. The Morgan fingerprint density at radius 1 is 1.32 bits per heavy atom. The summed E-state index contributed by atoms with van der Waals surface area (Å²) in [7, 11) is 0. The number of aromatic nitrogens is 4. The average molecular weight is 303 g/mol. The van der Waals surface area contributed by atoms with Crippen molar-refractivity contribution in [3.8, 4) is 0 Å². The van der Waals surface area contributed by atoms with Crippen molar-refractivity contribution >= 4 is 0 Å². The molecule has 0 saturated carbocycles. The Morgan fingerprint density at radius 3 is 2.68 bits per heavy atom. The monoisotopic (exact) mass is 303 g/mol. The number of likely N-dealkylation sites (tertiary alicyclic amines) is 1. The molecule has 3 rings (SSSR count). The molecular formula is C16H25N5O. The highest BCUT2D eigenvalue weighted by Gasteiger charge is 2.23. The van der Waals surface area contributed by atoms with Crippen LogP contribution in [0.5, 0.6) is 0 Å². The van der Waals surface area contributed by atoms with Crippen molar-refractivity contribution in [2.45, 2.75) is 58.5 Å². The zero-order chi connectivity index (χ0) is 15.5. The molecule has 0 spiro atoms. The van der Waals surface area contributed by atoms with Crippen molar-refractivity contribution < 1.29 is 4.52 Å². The van der Waals surface area contributed by atoms with Crippen LogP contribution in [0, 0.1) is 0 Å². The van der Waals surface area contributed by atoms with Crippen LogP contribution in [-0.4, -0.2) is 37.9 Å². The third-order valence-corrected chi connectivity index (χ3v) is 4.38. The second-order valence-electron chi connectivity index (χ2n) is 6.38. The smallest absolute Gasteiger partial charge is 0.229 e. The van der Waals surface area contributed by atoms with E-state index in [9.17, 15) is 0 Å². The molecule has 6 heteroatoms. The first-order valence-corrected chi connectivity index (χ1v) is 8.23. The van der Waals surface area contributed by atoms with E-state index in [1.165, 1.54) is 18.4 Å². The third kappa shape index (κ3) is 3.38. The number of rotatable bonds is 5. The lowest BCUT2D eigenvalue weighted by Crippen LogP contribution is -2.32.